The van der Waals surface area contributed by atoms with Crippen LogP contribution in [0.25, 0.3) is 0 Å². The highest BCUT2D eigenvalue weighted by Crippen LogP contribution is 1.82. The summed E-state index contributed by atoms with van der Waals surface area (Å²) >= 11 is 0. The third-order valence-corrected chi connectivity index (χ3v) is 2.23. The highest BCUT2D eigenvalue weighted by atomic mass is 16.2. The molecule has 0 aliphatic rings. The first-order chi connectivity index (χ1) is 7.74. The van der Waals surface area contributed by atoms with Gasteiger partial charge in [-0.1, -0.05) is 0 Å². The average molecular weight is 226 g/mol. The summed E-state index contributed by atoms with van der Waals surface area (Å²) in [6, 6.07) is 1.34. The van der Waals surface area contributed by atoms with Crippen LogP contribution >= 0.6 is 0 Å². The van der Waals surface area contributed by atoms with E-state index in [2.05, 4.69) is 10.3 Å². The lowest BCUT2D eigenvalue weighted by Gasteiger charge is -2.05. The number of nitrogens with zero attached hydrogens (tertiary/aromatic N) is 1. The number of rotatable bonds is 7. The molecule has 0 amide bonds. The van der Waals surface area contributed by atoms with E-state index in [1.807, 2.05) is 0 Å². The van der Waals surface area contributed by atoms with Gasteiger partial charge in [0.1, 0.15) is 0 Å². The van der Waals surface area contributed by atoms with E-state index in [4.69, 9.17) is 5.73 Å². The van der Waals surface area contributed by atoms with E-state index in [0.717, 1.165) is 19.4 Å². The van der Waals surface area contributed by atoms with Crippen molar-refractivity contribution >= 4 is 0 Å². The van der Waals surface area contributed by atoms with Crippen LogP contribution in [0.3, 0.4) is 0 Å². The quantitative estimate of drug-likeness (QED) is 0.513. The second kappa shape index (κ2) is 6.97. The summed E-state index contributed by atoms with van der Waals surface area (Å²) in [5.41, 5.74) is 4.63. The van der Waals surface area contributed by atoms with Crippen molar-refractivity contribution < 1.29 is 0 Å². The van der Waals surface area contributed by atoms with Gasteiger partial charge in [0, 0.05) is 25.4 Å². The smallest absolute Gasteiger partial charge is 0.328 e. The number of nitrogens with two attached hydrogens (primary N) is 1. The van der Waals surface area contributed by atoms with Crippen molar-refractivity contribution in [3.05, 3.63) is 33.1 Å². The summed E-state index contributed by atoms with van der Waals surface area (Å²) in [5.74, 6) is 0. The van der Waals surface area contributed by atoms with Gasteiger partial charge >= 0.3 is 5.69 Å². The molecular formula is C10H18N4O2. The molecule has 6 nitrogen and oxygen atoms in total. The Kier molecular flexibility index (Phi) is 5.52. The van der Waals surface area contributed by atoms with Gasteiger partial charge in [0.05, 0.1) is 0 Å². The molecule has 0 saturated heterocycles. The maximum Gasteiger partial charge on any atom is 0.328 e. The Bertz CT molecular complexity index is 410. The second-order valence-electron chi connectivity index (χ2n) is 3.55. The standard InChI is InChI=1S/C10H18N4O2/c11-4-1-2-5-12-6-8-14-7-3-9(15)13-10(14)16/h3,7,12H,1-2,4-6,8,11H2,(H,13,15,16). The molecule has 4 N–H and O–H groups in total. The van der Waals surface area contributed by atoms with E-state index >= 15 is 0 Å². The van der Waals surface area contributed by atoms with Crippen molar-refractivity contribution in [1.82, 2.24) is 14.9 Å². The number of aromatic amines is 1. The van der Waals surface area contributed by atoms with Crippen LogP contribution in [0.5, 0.6) is 0 Å². The Labute approximate surface area is 93.5 Å². The fourth-order valence-corrected chi connectivity index (χ4v) is 1.34. The minimum absolute atomic E-state index is 0.364. The molecule has 1 aromatic heterocycles. The molecule has 1 heterocycles. The molecule has 16 heavy (non-hydrogen) atoms. The Morgan fingerprint density at radius 2 is 2.12 bits per heavy atom. The zero-order chi connectivity index (χ0) is 11.8. The molecular weight excluding hydrogens is 208 g/mol. The zero-order valence-corrected chi connectivity index (χ0v) is 9.24. The minimum Gasteiger partial charge on any atom is -0.330 e. The molecule has 0 spiro atoms. The van der Waals surface area contributed by atoms with E-state index in [1.54, 1.807) is 0 Å². The third kappa shape index (κ3) is 4.41. The predicted molar refractivity (Wildman–Crippen MR) is 62.5 cm³/mol. The Hall–Kier alpha value is -1.40. The number of aromatic nitrogens is 2. The first-order valence-corrected chi connectivity index (χ1v) is 5.44. The molecule has 0 aliphatic heterocycles. The Morgan fingerprint density at radius 1 is 1.31 bits per heavy atom. The first kappa shape index (κ1) is 12.7. The molecule has 0 aromatic carbocycles. The predicted octanol–water partition coefficient (Wildman–Crippen LogP) is -1.13. The summed E-state index contributed by atoms with van der Waals surface area (Å²) in [7, 11) is 0. The van der Waals surface area contributed by atoms with Crippen molar-refractivity contribution in [1.29, 1.82) is 0 Å². The van der Waals surface area contributed by atoms with E-state index in [1.165, 1.54) is 16.8 Å². The molecule has 90 valence electrons. The van der Waals surface area contributed by atoms with Crippen molar-refractivity contribution in [3.63, 3.8) is 0 Å². The van der Waals surface area contributed by atoms with Crippen molar-refractivity contribution in [2.24, 2.45) is 5.73 Å². The van der Waals surface area contributed by atoms with Crippen molar-refractivity contribution in [2.45, 2.75) is 19.4 Å². The fourth-order valence-electron chi connectivity index (χ4n) is 1.34. The molecule has 0 bridgehead atoms. The molecule has 6 heteroatoms. The molecule has 0 aliphatic carbocycles. The second-order valence-corrected chi connectivity index (χ2v) is 3.55. The first-order valence-electron chi connectivity index (χ1n) is 5.44. The summed E-state index contributed by atoms with van der Waals surface area (Å²) in [5, 5.41) is 3.20. The maximum absolute atomic E-state index is 11.3. The van der Waals surface area contributed by atoms with Crippen LogP contribution in [0.4, 0.5) is 0 Å². The number of hydrogen-bond acceptors (Lipinski definition) is 4. The van der Waals surface area contributed by atoms with Crippen LogP contribution in [0.1, 0.15) is 12.8 Å². The molecule has 1 aromatic rings. The molecule has 0 saturated carbocycles. The van der Waals surface area contributed by atoms with E-state index in [-0.39, 0.29) is 11.2 Å². The van der Waals surface area contributed by atoms with Gasteiger partial charge in [0.2, 0.25) is 0 Å². The lowest BCUT2D eigenvalue weighted by Crippen LogP contribution is -2.32. The highest BCUT2D eigenvalue weighted by molar-refractivity contribution is 4.82. The number of hydrogen-bond donors (Lipinski definition) is 3. The Balaban J connectivity index is 2.27. The topological polar surface area (TPSA) is 92.9 Å². The number of H-pyrrole nitrogens is 1. The van der Waals surface area contributed by atoms with Crippen LogP contribution < -0.4 is 22.3 Å². The van der Waals surface area contributed by atoms with Crippen LogP contribution in [-0.2, 0) is 6.54 Å². The van der Waals surface area contributed by atoms with Crippen LogP contribution in [0.2, 0.25) is 0 Å². The normalized spacial score (nSPS) is 10.6. The number of nitrogens with one attached hydrogen (secondary N) is 2. The SMILES string of the molecule is NCCCCNCCn1ccc(=O)[nH]c1=O. The van der Waals surface area contributed by atoms with Gasteiger partial charge in [-0.05, 0) is 25.9 Å². The van der Waals surface area contributed by atoms with Gasteiger partial charge in [-0.2, -0.15) is 0 Å². The third-order valence-electron chi connectivity index (χ3n) is 2.23. The van der Waals surface area contributed by atoms with Crippen LogP contribution in [0, 0.1) is 0 Å². The largest absolute Gasteiger partial charge is 0.330 e. The van der Waals surface area contributed by atoms with E-state index in [9.17, 15) is 9.59 Å². The van der Waals surface area contributed by atoms with Crippen molar-refractivity contribution in [2.75, 3.05) is 19.6 Å². The molecule has 1 rings (SSSR count). The van der Waals surface area contributed by atoms with Gasteiger partial charge in [0.25, 0.3) is 5.56 Å². The molecule has 0 atom stereocenters. The molecule has 0 unspecified atom stereocenters. The van der Waals surface area contributed by atoms with Gasteiger partial charge in [-0.25, -0.2) is 4.79 Å². The van der Waals surface area contributed by atoms with Gasteiger partial charge < -0.3 is 11.1 Å². The lowest BCUT2D eigenvalue weighted by molar-refractivity contribution is 0.557. The fraction of sp³-hybridized carbons (Fsp3) is 0.600. The Morgan fingerprint density at radius 3 is 2.81 bits per heavy atom. The van der Waals surface area contributed by atoms with E-state index < -0.39 is 0 Å². The highest BCUT2D eigenvalue weighted by Gasteiger charge is 1.95. The molecule has 0 radical (unpaired) electrons. The van der Waals surface area contributed by atoms with Crippen molar-refractivity contribution in [3.8, 4) is 0 Å². The van der Waals surface area contributed by atoms with Crippen LogP contribution in [-0.4, -0.2) is 29.2 Å². The van der Waals surface area contributed by atoms with E-state index in [0.29, 0.717) is 19.6 Å². The van der Waals surface area contributed by atoms with Gasteiger partial charge in [0.15, 0.2) is 0 Å². The number of unbranched alkanes of at least 4 members (excludes halogenated alkanes) is 1. The van der Waals surface area contributed by atoms with Crippen LogP contribution in [0.15, 0.2) is 21.9 Å². The monoisotopic (exact) mass is 226 g/mol. The zero-order valence-electron chi connectivity index (χ0n) is 9.24. The summed E-state index contributed by atoms with van der Waals surface area (Å²) in [6.45, 7) is 2.87. The average Bonchev–Trinajstić information content (AvgIpc) is 2.26. The minimum atomic E-state index is -0.365. The summed E-state index contributed by atoms with van der Waals surface area (Å²) in [4.78, 5) is 24.3. The summed E-state index contributed by atoms with van der Waals surface area (Å²) in [6.07, 6.45) is 3.55. The maximum atomic E-state index is 11.3. The van der Waals surface area contributed by atoms with Gasteiger partial charge in [-0.15, -0.1) is 0 Å². The van der Waals surface area contributed by atoms with Gasteiger partial charge in [-0.3, -0.25) is 14.3 Å². The lowest BCUT2D eigenvalue weighted by atomic mass is 10.3. The molecule has 0 fully saturated rings. The summed E-state index contributed by atoms with van der Waals surface area (Å²) < 4.78 is 1.47.